The second-order valence-corrected chi connectivity index (χ2v) is 9.89. The molecule has 5 rings (SSSR count). The minimum atomic E-state index is -0.686. The Kier molecular flexibility index (Phi) is 5.88. The molecule has 1 atom stereocenters. The molecule has 2 aromatic carbocycles. The molecule has 2 heterocycles. The van der Waals surface area contributed by atoms with Gasteiger partial charge in [-0.3, -0.25) is 9.98 Å². The summed E-state index contributed by atoms with van der Waals surface area (Å²) in [6.07, 6.45) is 6.04. The Hall–Kier alpha value is -3.59. The molecular formula is C29H28FN3O2. The average Bonchev–Trinajstić information content (AvgIpc) is 3.34. The van der Waals surface area contributed by atoms with Crippen LogP contribution < -0.4 is 0 Å². The summed E-state index contributed by atoms with van der Waals surface area (Å²) in [7, 11) is 1.38. The van der Waals surface area contributed by atoms with Crippen molar-refractivity contribution in [2.45, 2.75) is 51.9 Å². The standard InChI is InChI=1S/C29H28FN3O2/c1-17-21(28(34)35-3)9-11-26-23(17)15-27(33-26)29(2,16-31)19-6-4-18(5-7-19)22-12-13-32-25-10-8-20(30)14-24(22)25/h8-14,18-19H,4-7,15H2,1-3H3. The highest BCUT2D eigenvalue weighted by atomic mass is 19.1. The van der Waals surface area contributed by atoms with E-state index in [0.717, 1.165) is 64.7 Å². The van der Waals surface area contributed by atoms with Gasteiger partial charge in [-0.25, -0.2) is 9.18 Å². The molecule has 1 aromatic heterocycles. The van der Waals surface area contributed by atoms with Gasteiger partial charge in [0.05, 0.1) is 35.4 Å². The monoisotopic (exact) mass is 469 g/mol. The highest BCUT2D eigenvalue weighted by molar-refractivity contribution is 6.02. The van der Waals surface area contributed by atoms with Crippen LogP contribution in [0, 0.1) is 35.4 Å². The van der Waals surface area contributed by atoms with Crippen LogP contribution in [0.5, 0.6) is 0 Å². The lowest BCUT2D eigenvalue weighted by atomic mass is 9.64. The van der Waals surface area contributed by atoms with Crippen molar-refractivity contribution < 1.29 is 13.9 Å². The molecule has 0 amide bonds. The first-order chi connectivity index (χ1) is 16.9. The van der Waals surface area contributed by atoms with Crippen LogP contribution in [-0.2, 0) is 11.2 Å². The summed E-state index contributed by atoms with van der Waals surface area (Å²) in [5, 5.41) is 11.2. The van der Waals surface area contributed by atoms with Crippen LogP contribution in [0.4, 0.5) is 10.1 Å². The Balaban J connectivity index is 1.36. The summed E-state index contributed by atoms with van der Waals surface area (Å²) >= 11 is 0. The number of benzene rings is 2. The maximum Gasteiger partial charge on any atom is 0.338 e. The molecule has 0 spiro atoms. The van der Waals surface area contributed by atoms with Gasteiger partial charge in [0.15, 0.2) is 0 Å². The predicted octanol–water partition coefficient (Wildman–Crippen LogP) is 6.60. The summed E-state index contributed by atoms with van der Waals surface area (Å²) in [5.74, 6) is -0.110. The minimum Gasteiger partial charge on any atom is -0.465 e. The van der Waals surface area contributed by atoms with Gasteiger partial charge in [0.25, 0.3) is 0 Å². The maximum absolute atomic E-state index is 13.9. The van der Waals surface area contributed by atoms with Crippen LogP contribution in [0.3, 0.4) is 0 Å². The average molecular weight is 470 g/mol. The molecule has 2 aliphatic rings. The van der Waals surface area contributed by atoms with Gasteiger partial charge in [-0.1, -0.05) is 0 Å². The number of carbonyl (C=O) groups is 1. The van der Waals surface area contributed by atoms with E-state index in [-0.39, 0.29) is 17.7 Å². The van der Waals surface area contributed by atoms with Crippen LogP contribution >= 0.6 is 0 Å². The highest BCUT2D eigenvalue weighted by Gasteiger charge is 2.43. The lowest BCUT2D eigenvalue weighted by Gasteiger charge is -2.37. The van der Waals surface area contributed by atoms with Crippen molar-refractivity contribution in [2.75, 3.05) is 7.11 Å². The molecule has 35 heavy (non-hydrogen) atoms. The van der Waals surface area contributed by atoms with E-state index >= 15 is 0 Å². The van der Waals surface area contributed by atoms with Crippen LogP contribution in [-0.4, -0.2) is 23.8 Å². The number of carbonyl (C=O) groups excluding carboxylic acids is 1. The van der Waals surface area contributed by atoms with E-state index in [0.29, 0.717) is 17.9 Å². The van der Waals surface area contributed by atoms with Gasteiger partial charge >= 0.3 is 5.97 Å². The number of hydrogen-bond donors (Lipinski definition) is 0. The molecule has 1 fully saturated rings. The fraction of sp³-hybridized carbons (Fsp3) is 0.379. The summed E-state index contributed by atoms with van der Waals surface area (Å²) < 4.78 is 18.9. The zero-order valence-electron chi connectivity index (χ0n) is 20.3. The lowest BCUT2D eigenvalue weighted by molar-refractivity contribution is 0.0600. The number of rotatable bonds is 4. The largest absolute Gasteiger partial charge is 0.465 e. The molecule has 3 aromatic rings. The van der Waals surface area contributed by atoms with E-state index in [1.54, 1.807) is 24.4 Å². The first-order valence-corrected chi connectivity index (χ1v) is 12.1. The number of esters is 1. The number of ether oxygens (including phenoxy) is 1. The van der Waals surface area contributed by atoms with Gasteiger partial charge in [-0.2, -0.15) is 5.26 Å². The number of aromatic nitrogens is 1. The summed E-state index contributed by atoms with van der Waals surface area (Å²) in [4.78, 5) is 21.4. The van der Waals surface area contributed by atoms with Crippen molar-refractivity contribution >= 4 is 28.3 Å². The molecular weight excluding hydrogens is 441 g/mol. The number of nitrogens with zero attached hydrogens (tertiary/aromatic N) is 3. The third-order valence-electron chi connectivity index (χ3n) is 8.13. The topological polar surface area (TPSA) is 75.3 Å². The van der Waals surface area contributed by atoms with E-state index in [2.05, 4.69) is 11.1 Å². The molecule has 0 radical (unpaired) electrons. The number of fused-ring (bicyclic) bond motifs is 2. The quantitative estimate of drug-likeness (QED) is 0.403. The molecule has 1 saturated carbocycles. The van der Waals surface area contributed by atoms with Crippen molar-refractivity contribution in [3.63, 3.8) is 0 Å². The maximum atomic E-state index is 13.9. The SMILES string of the molecule is COC(=O)c1ccc2c(c1C)CC(C(C)(C#N)C1CCC(c3ccnc4ccc(F)cc34)CC1)=N2. The zero-order chi connectivity index (χ0) is 24.7. The number of aliphatic imine (C=N–C) groups is 1. The predicted molar refractivity (Wildman–Crippen MR) is 133 cm³/mol. The molecule has 1 aliphatic heterocycles. The Labute approximate surface area is 204 Å². The fourth-order valence-electron chi connectivity index (χ4n) is 5.92. The van der Waals surface area contributed by atoms with Crippen molar-refractivity contribution in [2.24, 2.45) is 16.3 Å². The fourth-order valence-corrected chi connectivity index (χ4v) is 5.92. The van der Waals surface area contributed by atoms with Gasteiger partial charge in [-0.05, 0) is 104 Å². The van der Waals surface area contributed by atoms with E-state index in [9.17, 15) is 14.4 Å². The Morgan fingerprint density at radius 2 is 1.94 bits per heavy atom. The van der Waals surface area contributed by atoms with Crippen LogP contribution in [0.25, 0.3) is 10.9 Å². The number of hydrogen-bond acceptors (Lipinski definition) is 5. The molecule has 6 heteroatoms. The normalized spacial score (nSPS) is 21.1. The van der Waals surface area contributed by atoms with E-state index in [1.807, 2.05) is 26.0 Å². The third-order valence-corrected chi connectivity index (χ3v) is 8.13. The summed E-state index contributed by atoms with van der Waals surface area (Å²) in [6, 6.07) is 13.0. The van der Waals surface area contributed by atoms with E-state index in [1.165, 1.54) is 13.2 Å². The molecule has 0 N–H and O–H groups in total. The molecule has 5 nitrogen and oxygen atoms in total. The van der Waals surface area contributed by atoms with Crippen LogP contribution in [0.15, 0.2) is 47.6 Å². The zero-order valence-corrected chi connectivity index (χ0v) is 20.3. The van der Waals surface area contributed by atoms with Gasteiger partial charge in [0, 0.05) is 23.7 Å². The van der Waals surface area contributed by atoms with Gasteiger partial charge in [0.2, 0.25) is 0 Å². The first-order valence-electron chi connectivity index (χ1n) is 12.1. The summed E-state index contributed by atoms with van der Waals surface area (Å²) in [6.45, 7) is 3.93. The Morgan fingerprint density at radius 3 is 2.66 bits per heavy atom. The third kappa shape index (κ3) is 3.89. The van der Waals surface area contributed by atoms with Crippen LogP contribution in [0.1, 0.15) is 65.6 Å². The van der Waals surface area contributed by atoms with Crippen molar-refractivity contribution in [3.8, 4) is 6.07 Å². The second-order valence-electron chi connectivity index (χ2n) is 9.89. The van der Waals surface area contributed by atoms with E-state index < -0.39 is 5.41 Å². The summed E-state index contributed by atoms with van der Waals surface area (Å²) in [5.41, 5.74) is 5.40. The molecule has 0 bridgehead atoms. The molecule has 0 saturated heterocycles. The lowest BCUT2D eigenvalue weighted by Crippen LogP contribution is -2.37. The number of nitriles is 1. The number of halogens is 1. The molecule has 1 aliphatic carbocycles. The van der Waals surface area contributed by atoms with Crippen molar-refractivity contribution in [1.29, 1.82) is 5.26 Å². The Morgan fingerprint density at radius 1 is 1.17 bits per heavy atom. The van der Waals surface area contributed by atoms with E-state index in [4.69, 9.17) is 9.73 Å². The molecule has 178 valence electrons. The minimum absolute atomic E-state index is 0.182. The second kappa shape index (κ2) is 8.88. The smallest absolute Gasteiger partial charge is 0.338 e. The van der Waals surface area contributed by atoms with Gasteiger partial charge < -0.3 is 4.74 Å². The van der Waals surface area contributed by atoms with Crippen molar-refractivity contribution in [1.82, 2.24) is 4.98 Å². The number of pyridine rings is 1. The van der Waals surface area contributed by atoms with Gasteiger partial charge in [-0.15, -0.1) is 0 Å². The highest BCUT2D eigenvalue weighted by Crippen LogP contribution is 2.47. The van der Waals surface area contributed by atoms with Crippen molar-refractivity contribution in [3.05, 3.63) is 70.7 Å². The first kappa shape index (κ1) is 23.2. The molecule has 1 unspecified atom stereocenters. The Bertz CT molecular complexity index is 1400. The van der Waals surface area contributed by atoms with Crippen LogP contribution in [0.2, 0.25) is 0 Å². The van der Waals surface area contributed by atoms with Gasteiger partial charge in [0.1, 0.15) is 5.82 Å². The number of methoxy groups -OCH3 is 1.